The quantitative estimate of drug-likeness (QED) is 0.846. The van der Waals surface area contributed by atoms with Crippen molar-refractivity contribution in [3.8, 4) is 0 Å². The standard InChI is InChI=1S/C15H18FN3O2/c1-2-19-9-11(8-18-19)7-15(10-17,14(20)21)12-5-3-4-6-13(12)16/h3-6,8-9H,2,7,10,17H2,1H3,(H,20,21). The number of benzene rings is 1. The van der Waals surface area contributed by atoms with Crippen LogP contribution in [0.1, 0.15) is 18.1 Å². The summed E-state index contributed by atoms with van der Waals surface area (Å²) in [6.45, 7) is 2.42. The summed E-state index contributed by atoms with van der Waals surface area (Å²) >= 11 is 0. The summed E-state index contributed by atoms with van der Waals surface area (Å²) in [4.78, 5) is 11.8. The predicted octanol–water partition coefficient (Wildman–Crippen LogP) is 1.57. The fourth-order valence-corrected chi connectivity index (χ4v) is 2.42. The van der Waals surface area contributed by atoms with Crippen LogP contribution in [0.2, 0.25) is 0 Å². The molecule has 3 N–H and O–H groups in total. The van der Waals surface area contributed by atoms with Crippen LogP contribution >= 0.6 is 0 Å². The predicted molar refractivity (Wildman–Crippen MR) is 76.4 cm³/mol. The van der Waals surface area contributed by atoms with Gasteiger partial charge in [0, 0.05) is 24.8 Å². The van der Waals surface area contributed by atoms with Crippen LogP contribution in [0.3, 0.4) is 0 Å². The van der Waals surface area contributed by atoms with E-state index in [1.165, 1.54) is 18.2 Å². The van der Waals surface area contributed by atoms with Gasteiger partial charge in [-0.3, -0.25) is 9.48 Å². The van der Waals surface area contributed by atoms with Gasteiger partial charge >= 0.3 is 5.97 Å². The van der Waals surface area contributed by atoms with Gasteiger partial charge in [-0.05, 0) is 25.0 Å². The zero-order valence-corrected chi connectivity index (χ0v) is 11.8. The van der Waals surface area contributed by atoms with Crippen molar-refractivity contribution in [1.82, 2.24) is 9.78 Å². The number of nitrogens with two attached hydrogens (primary N) is 1. The Balaban J connectivity index is 2.47. The van der Waals surface area contributed by atoms with E-state index in [0.717, 1.165) is 0 Å². The van der Waals surface area contributed by atoms with Gasteiger partial charge in [0.05, 0.1) is 6.20 Å². The van der Waals surface area contributed by atoms with Crippen LogP contribution in [0.5, 0.6) is 0 Å². The molecule has 0 amide bonds. The summed E-state index contributed by atoms with van der Waals surface area (Å²) in [5, 5.41) is 13.8. The molecule has 112 valence electrons. The zero-order chi connectivity index (χ0) is 15.5. The highest BCUT2D eigenvalue weighted by Crippen LogP contribution is 2.30. The van der Waals surface area contributed by atoms with Gasteiger partial charge < -0.3 is 10.8 Å². The molecule has 0 bridgehead atoms. The number of aliphatic carboxylic acids is 1. The average molecular weight is 291 g/mol. The largest absolute Gasteiger partial charge is 0.481 e. The van der Waals surface area contributed by atoms with Crippen molar-refractivity contribution in [3.63, 3.8) is 0 Å². The number of hydrogen-bond acceptors (Lipinski definition) is 3. The van der Waals surface area contributed by atoms with E-state index in [1.807, 2.05) is 6.92 Å². The topological polar surface area (TPSA) is 81.1 Å². The van der Waals surface area contributed by atoms with Gasteiger partial charge in [-0.1, -0.05) is 18.2 Å². The number of nitrogens with zero attached hydrogens (tertiary/aromatic N) is 2. The van der Waals surface area contributed by atoms with Gasteiger partial charge in [0.2, 0.25) is 0 Å². The summed E-state index contributed by atoms with van der Waals surface area (Å²) in [6.07, 6.45) is 3.45. The van der Waals surface area contributed by atoms with Gasteiger partial charge in [-0.2, -0.15) is 5.10 Å². The van der Waals surface area contributed by atoms with Gasteiger partial charge in [0.25, 0.3) is 0 Å². The highest BCUT2D eigenvalue weighted by molar-refractivity contribution is 5.82. The maximum Gasteiger partial charge on any atom is 0.315 e. The minimum absolute atomic E-state index is 0.0970. The third kappa shape index (κ3) is 2.80. The van der Waals surface area contributed by atoms with E-state index in [1.54, 1.807) is 23.1 Å². The van der Waals surface area contributed by atoms with Crippen molar-refractivity contribution in [3.05, 3.63) is 53.6 Å². The Morgan fingerprint density at radius 2 is 2.19 bits per heavy atom. The van der Waals surface area contributed by atoms with Gasteiger partial charge in [-0.15, -0.1) is 0 Å². The Kier molecular flexibility index (Phi) is 4.37. The fourth-order valence-electron chi connectivity index (χ4n) is 2.42. The number of aryl methyl sites for hydroxylation is 1. The van der Waals surface area contributed by atoms with Crippen LogP contribution in [0.15, 0.2) is 36.7 Å². The number of carboxylic acids is 1. The third-order valence-electron chi connectivity index (χ3n) is 3.66. The number of halogens is 1. The molecule has 1 atom stereocenters. The van der Waals surface area contributed by atoms with Crippen LogP contribution in [-0.4, -0.2) is 27.4 Å². The molecule has 1 unspecified atom stereocenters. The average Bonchev–Trinajstić information content (AvgIpc) is 2.93. The van der Waals surface area contributed by atoms with Crippen LogP contribution in [0.25, 0.3) is 0 Å². The van der Waals surface area contributed by atoms with Crippen LogP contribution in [0, 0.1) is 5.82 Å². The van der Waals surface area contributed by atoms with E-state index in [2.05, 4.69) is 5.10 Å². The highest BCUT2D eigenvalue weighted by atomic mass is 19.1. The molecule has 0 saturated heterocycles. The van der Waals surface area contributed by atoms with Crippen molar-refractivity contribution in [1.29, 1.82) is 0 Å². The molecule has 2 aromatic rings. The van der Waals surface area contributed by atoms with E-state index < -0.39 is 17.2 Å². The maximum absolute atomic E-state index is 14.1. The Morgan fingerprint density at radius 3 is 2.71 bits per heavy atom. The lowest BCUT2D eigenvalue weighted by atomic mass is 9.75. The van der Waals surface area contributed by atoms with Crippen molar-refractivity contribution in [2.45, 2.75) is 25.3 Å². The summed E-state index contributed by atoms with van der Waals surface area (Å²) in [7, 11) is 0. The molecular formula is C15H18FN3O2. The second-order valence-corrected chi connectivity index (χ2v) is 4.95. The maximum atomic E-state index is 14.1. The van der Waals surface area contributed by atoms with Gasteiger partial charge in [0.15, 0.2) is 0 Å². The number of rotatable bonds is 6. The van der Waals surface area contributed by atoms with E-state index in [0.29, 0.717) is 12.1 Å². The summed E-state index contributed by atoms with van der Waals surface area (Å²) in [5.41, 5.74) is 5.05. The van der Waals surface area contributed by atoms with Crippen molar-refractivity contribution >= 4 is 5.97 Å². The lowest BCUT2D eigenvalue weighted by Gasteiger charge is -2.28. The van der Waals surface area contributed by atoms with Crippen molar-refractivity contribution < 1.29 is 14.3 Å². The van der Waals surface area contributed by atoms with Crippen LogP contribution in [-0.2, 0) is 23.2 Å². The molecule has 0 saturated carbocycles. The first-order chi connectivity index (χ1) is 10.0. The van der Waals surface area contributed by atoms with E-state index in [-0.39, 0.29) is 18.5 Å². The second kappa shape index (κ2) is 6.05. The first-order valence-corrected chi connectivity index (χ1v) is 6.73. The molecule has 6 heteroatoms. The minimum atomic E-state index is -1.49. The Labute approximate surface area is 122 Å². The molecular weight excluding hydrogens is 273 g/mol. The lowest BCUT2D eigenvalue weighted by molar-refractivity contribution is -0.143. The van der Waals surface area contributed by atoms with Gasteiger partial charge in [-0.25, -0.2) is 4.39 Å². The van der Waals surface area contributed by atoms with Crippen molar-refractivity contribution in [2.75, 3.05) is 6.54 Å². The molecule has 1 heterocycles. The molecule has 21 heavy (non-hydrogen) atoms. The van der Waals surface area contributed by atoms with Gasteiger partial charge in [0.1, 0.15) is 11.2 Å². The molecule has 0 aliphatic rings. The highest BCUT2D eigenvalue weighted by Gasteiger charge is 2.41. The number of carbonyl (C=O) groups is 1. The Hall–Kier alpha value is -2.21. The first kappa shape index (κ1) is 15.2. The molecule has 1 aromatic heterocycles. The second-order valence-electron chi connectivity index (χ2n) is 4.95. The Morgan fingerprint density at radius 1 is 1.48 bits per heavy atom. The molecule has 1 aromatic carbocycles. The SMILES string of the molecule is CCn1cc(CC(CN)(C(=O)O)c2ccccc2F)cn1. The fraction of sp³-hybridized carbons (Fsp3) is 0.333. The molecule has 5 nitrogen and oxygen atoms in total. The molecule has 0 radical (unpaired) electrons. The number of aromatic nitrogens is 2. The van der Waals surface area contributed by atoms with Crippen LogP contribution < -0.4 is 5.73 Å². The van der Waals surface area contributed by atoms with E-state index in [4.69, 9.17) is 5.73 Å². The Bertz CT molecular complexity index is 641. The van der Waals surface area contributed by atoms with Crippen LogP contribution in [0.4, 0.5) is 4.39 Å². The molecule has 2 rings (SSSR count). The zero-order valence-electron chi connectivity index (χ0n) is 11.8. The third-order valence-corrected chi connectivity index (χ3v) is 3.66. The molecule has 0 aliphatic heterocycles. The molecule has 0 aliphatic carbocycles. The first-order valence-electron chi connectivity index (χ1n) is 6.73. The van der Waals surface area contributed by atoms with E-state index in [9.17, 15) is 14.3 Å². The molecule has 0 fully saturated rings. The summed E-state index contributed by atoms with van der Waals surface area (Å²) in [6, 6.07) is 5.86. The van der Waals surface area contributed by atoms with E-state index >= 15 is 0 Å². The molecule has 0 spiro atoms. The summed E-state index contributed by atoms with van der Waals surface area (Å²) < 4.78 is 15.8. The smallest absolute Gasteiger partial charge is 0.315 e. The number of hydrogen-bond donors (Lipinski definition) is 2. The lowest BCUT2D eigenvalue weighted by Crippen LogP contribution is -2.45. The normalized spacial score (nSPS) is 13.9. The monoisotopic (exact) mass is 291 g/mol. The minimum Gasteiger partial charge on any atom is -0.481 e. The summed E-state index contributed by atoms with van der Waals surface area (Å²) in [5.74, 6) is -1.70. The number of carboxylic acid groups (broad SMARTS) is 1. The van der Waals surface area contributed by atoms with Crippen molar-refractivity contribution in [2.24, 2.45) is 5.73 Å².